The summed E-state index contributed by atoms with van der Waals surface area (Å²) >= 11 is 0. The largest absolute Gasteiger partial charge is 0.478 e. The molecule has 0 fully saturated rings. The van der Waals surface area contributed by atoms with Gasteiger partial charge < -0.3 is 20.6 Å². The zero-order valence-corrected chi connectivity index (χ0v) is 15.2. The van der Waals surface area contributed by atoms with Crippen LogP contribution in [-0.2, 0) is 6.54 Å². The molecule has 2 aromatic carbocycles. The number of carbonyl (C=O) groups is 2. The van der Waals surface area contributed by atoms with Gasteiger partial charge in [-0.15, -0.1) is 0 Å². The van der Waals surface area contributed by atoms with Crippen LogP contribution in [0.1, 0.15) is 27.9 Å². The van der Waals surface area contributed by atoms with Crippen LogP contribution in [0, 0.1) is 6.92 Å². The molecule has 0 bridgehead atoms. The van der Waals surface area contributed by atoms with E-state index in [1.807, 2.05) is 32.2 Å². The molecule has 6 heteroatoms. The normalized spacial score (nSPS) is 10.6. The Kier molecular flexibility index (Phi) is 7.17. The van der Waals surface area contributed by atoms with Gasteiger partial charge in [0.05, 0.1) is 5.56 Å². The predicted octanol–water partition coefficient (Wildman–Crippen LogP) is 3.34. The second kappa shape index (κ2) is 9.58. The average molecular weight is 355 g/mol. The smallest absolute Gasteiger partial charge is 0.335 e. The Hall–Kier alpha value is -2.86. The summed E-state index contributed by atoms with van der Waals surface area (Å²) in [5.74, 6) is -1.02. The van der Waals surface area contributed by atoms with Gasteiger partial charge in [0.2, 0.25) is 0 Å². The molecule has 2 rings (SSSR count). The molecule has 0 heterocycles. The first-order chi connectivity index (χ1) is 12.5. The Morgan fingerprint density at radius 2 is 1.85 bits per heavy atom. The minimum absolute atomic E-state index is 0.147. The van der Waals surface area contributed by atoms with Crippen molar-refractivity contribution in [3.63, 3.8) is 0 Å². The number of aryl methyl sites for hydroxylation is 1. The molecule has 2 amide bonds. The molecule has 2 aromatic rings. The highest BCUT2D eigenvalue weighted by molar-refractivity contribution is 5.93. The Morgan fingerprint density at radius 1 is 1.12 bits per heavy atom. The maximum atomic E-state index is 12.0. The van der Waals surface area contributed by atoms with Gasteiger partial charge in [0.15, 0.2) is 0 Å². The molecular formula is C20H25N3O3. The van der Waals surface area contributed by atoms with E-state index in [0.717, 1.165) is 25.1 Å². The van der Waals surface area contributed by atoms with E-state index in [0.29, 0.717) is 12.2 Å². The van der Waals surface area contributed by atoms with Crippen molar-refractivity contribution in [3.8, 4) is 0 Å². The average Bonchev–Trinajstić information content (AvgIpc) is 2.61. The molecule has 0 spiro atoms. The first-order valence-corrected chi connectivity index (χ1v) is 8.57. The molecule has 138 valence electrons. The number of nitrogens with one attached hydrogen (secondary N) is 2. The van der Waals surface area contributed by atoms with E-state index in [4.69, 9.17) is 5.11 Å². The van der Waals surface area contributed by atoms with Crippen LogP contribution in [0.25, 0.3) is 0 Å². The number of urea groups is 1. The van der Waals surface area contributed by atoms with E-state index in [1.54, 1.807) is 6.07 Å². The third-order valence-corrected chi connectivity index (χ3v) is 4.03. The fraction of sp³-hybridized carbons (Fsp3) is 0.300. The lowest BCUT2D eigenvalue weighted by molar-refractivity contribution is 0.0697. The lowest BCUT2D eigenvalue weighted by Gasteiger charge is -2.17. The van der Waals surface area contributed by atoms with Crippen molar-refractivity contribution in [1.29, 1.82) is 0 Å². The van der Waals surface area contributed by atoms with Crippen LogP contribution in [0.4, 0.5) is 10.5 Å². The summed E-state index contributed by atoms with van der Waals surface area (Å²) in [5, 5.41) is 14.5. The number of aromatic carboxylic acids is 1. The molecule has 6 nitrogen and oxygen atoms in total. The predicted molar refractivity (Wildman–Crippen MR) is 103 cm³/mol. The second-order valence-corrected chi connectivity index (χ2v) is 6.29. The molecule has 3 N–H and O–H groups in total. The molecule has 26 heavy (non-hydrogen) atoms. The first-order valence-electron chi connectivity index (χ1n) is 8.57. The Balaban J connectivity index is 1.72. The molecule has 0 saturated heterocycles. The number of amides is 2. The van der Waals surface area contributed by atoms with Crippen LogP contribution in [0.15, 0.2) is 48.5 Å². The molecule has 0 aliphatic rings. The molecule has 0 atom stereocenters. The summed E-state index contributed by atoms with van der Waals surface area (Å²) in [5.41, 5.74) is 2.72. The maximum Gasteiger partial charge on any atom is 0.335 e. The van der Waals surface area contributed by atoms with Crippen molar-refractivity contribution in [1.82, 2.24) is 10.2 Å². The van der Waals surface area contributed by atoms with Crippen LogP contribution >= 0.6 is 0 Å². The second-order valence-electron chi connectivity index (χ2n) is 6.29. The Bertz CT molecular complexity index is 747. The number of benzene rings is 2. The number of nitrogens with zero attached hydrogens (tertiary/aromatic N) is 1. The van der Waals surface area contributed by atoms with E-state index < -0.39 is 5.97 Å². The summed E-state index contributed by atoms with van der Waals surface area (Å²) in [4.78, 5) is 25.2. The minimum Gasteiger partial charge on any atom is -0.478 e. The topological polar surface area (TPSA) is 81.7 Å². The molecule has 0 aliphatic carbocycles. The monoisotopic (exact) mass is 355 g/mol. The minimum atomic E-state index is -1.02. The van der Waals surface area contributed by atoms with Crippen molar-refractivity contribution in [2.24, 2.45) is 0 Å². The maximum absolute atomic E-state index is 12.0. The van der Waals surface area contributed by atoms with Gasteiger partial charge >= 0.3 is 12.0 Å². The SMILES string of the molecule is Cc1ccc(C(=O)O)cc1NC(=O)NCCCN(C)Cc1ccccc1. The molecule has 0 radical (unpaired) electrons. The Morgan fingerprint density at radius 3 is 2.54 bits per heavy atom. The number of carboxylic acids is 1. The highest BCUT2D eigenvalue weighted by atomic mass is 16.4. The van der Waals surface area contributed by atoms with E-state index in [9.17, 15) is 9.59 Å². The van der Waals surface area contributed by atoms with Crippen LogP contribution in [0.3, 0.4) is 0 Å². The summed E-state index contributed by atoms with van der Waals surface area (Å²) in [6.45, 7) is 4.10. The van der Waals surface area contributed by atoms with Crippen molar-refractivity contribution in [2.45, 2.75) is 19.9 Å². The van der Waals surface area contributed by atoms with Crippen molar-refractivity contribution in [3.05, 3.63) is 65.2 Å². The van der Waals surface area contributed by atoms with Crippen LogP contribution in [0.2, 0.25) is 0 Å². The van der Waals surface area contributed by atoms with E-state index >= 15 is 0 Å². The van der Waals surface area contributed by atoms with Gasteiger partial charge in [-0.25, -0.2) is 9.59 Å². The zero-order chi connectivity index (χ0) is 18.9. The number of hydrogen-bond donors (Lipinski definition) is 3. The van der Waals surface area contributed by atoms with Gasteiger partial charge in [-0.3, -0.25) is 0 Å². The number of hydrogen-bond acceptors (Lipinski definition) is 3. The third-order valence-electron chi connectivity index (χ3n) is 4.03. The standard InChI is InChI=1S/C20H25N3O3/c1-15-9-10-17(19(24)25)13-18(15)22-20(26)21-11-6-12-23(2)14-16-7-4-3-5-8-16/h3-5,7-10,13H,6,11-12,14H2,1-2H3,(H,24,25)(H2,21,22,26). The van der Waals surface area contributed by atoms with Crippen molar-refractivity contribution < 1.29 is 14.7 Å². The van der Waals surface area contributed by atoms with Gasteiger partial charge in [0, 0.05) is 18.8 Å². The molecule has 0 aromatic heterocycles. The third kappa shape index (κ3) is 6.22. The lowest BCUT2D eigenvalue weighted by atomic mass is 10.1. The summed E-state index contributed by atoms with van der Waals surface area (Å²) in [6, 6.07) is 14.6. The Labute approximate surface area is 153 Å². The van der Waals surface area contributed by atoms with Gasteiger partial charge in [0.1, 0.15) is 0 Å². The fourth-order valence-electron chi connectivity index (χ4n) is 2.58. The molecule has 0 aliphatic heterocycles. The van der Waals surface area contributed by atoms with Gasteiger partial charge in [-0.1, -0.05) is 36.4 Å². The van der Waals surface area contributed by atoms with E-state index in [1.165, 1.54) is 17.7 Å². The highest BCUT2D eigenvalue weighted by Crippen LogP contribution is 2.16. The summed E-state index contributed by atoms with van der Waals surface area (Å²) < 4.78 is 0. The summed E-state index contributed by atoms with van der Waals surface area (Å²) in [7, 11) is 2.05. The lowest BCUT2D eigenvalue weighted by Crippen LogP contribution is -2.31. The van der Waals surface area contributed by atoms with E-state index in [-0.39, 0.29) is 11.6 Å². The molecular weight excluding hydrogens is 330 g/mol. The quantitative estimate of drug-likeness (QED) is 0.634. The zero-order valence-electron chi connectivity index (χ0n) is 15.2. The van der Waals surface area contributed by atoms with Crippen molar-refractivity contribution in [2.75, 3.05) is 25.5 Å². The number of rotatable bonds is 8. The summed E-state index contributed by atoms with van der Waals surface area (Å²) in [6.07, 6.45) is 0.824. The fourth-order valence-corrected chi connectivity index (χ4v) is 2.58. The number of carboxylic acid groups (broad SMARTS) is 1. The van der Waals surface area contributed by atoms with Gasteiger partial charge in [-0.2, -0.15) is 0 Å². The van der Waals surface area contributed by atoms with Gasteiger partial charge in [-0.05, 0) is 50.2 Å². The van der Waals surface area contributed by atoms with Crippen LogP contribution in [-0.4, -0.2) is 42.1 Å². The molecule has 0 saturated carbocycles. The van der Waals surface area contributed by atoms with Crippen molar-refractivity contribution >= 4 is 17.7 Å². The number of anilines is 1. The van der Waals surface area contributed by atoms with Gasteiger partial charge in [0.25, 0.3) is 0 Å². The van der Waals surface area contributed by atoms with Crippen LogP contribution in [0.5, 0.6) is 0 Å². The first kappa shape index (κ1) is 19.5. The van der Waals surface area contributed by atoms with E-state index in [2.05, 4.69) is 27.7 Å². The number of carbonyl (C=O) groups excluding carboxylic acids is 1. The van der Waals surface area contributed by atoms with Crippen LogP contribution < -0.4 is 10.6 Å². The highest BCUT2D eigenvalue weighted by Gasteiger charge is 2.09. The molecule has 0 unspecified atom stereocenters.